The maximum Gasteiger partial charge on any atom is 0.323 e. The molecule has 6 nitrogen and oxygen atoms in total. The van der Waals surface area contributed by atoms with Crippen molar-refractivity contribution in [1.82, 2.24) is 10.2 Å². The molecule has 2 unspecified atom stereocenters. The summed E-state index contributed by atoms with van der Waals surface area (Å²) in [7, 11) is 0. The predicted molar refractivity (Wildman–Crippen MR) is 106 cm³/mol. The van der Waals surface area contributed by atoms with Crippen molar-refractivity contribution in [3.63, 3.8) is 0 Å². The Hall–Kier alpha value is -2.86. The number of fused-ring (bicyclic) bond motifs is 2. The van der Waals surface area contributed by atoms with E-state index < -0.39 is 0 Å². The van der Waals surface area contributed by atoms with Gasteiger partial charge in [-0.25, -0.2) is 4.79 Å². The SMILES string of the molecule is O=C(Nc1ccccc1)Nc1ccc(C(=O)N2C3CCNCC2CC3)cc1. The molecule has 2 aromatic rings. The lowest BCUT2D eigenvalue weighted by molar-refractivity contribution is 0.0680. The van der Waals surface area contributed by atoms with Gasteiger partial charge in [-0.1, -0.05) is 18.2 Å². The molecular formula is C21H24N4O2. The summed E-state index contributed by atoms with van der Waals surface area (Å²) in [6, 6.07) is 16.7. The third-order valence-electron chi connectivity index (χ3n) is 5.31. The highest BCUT2D eigenvalue weighted by molar-refractivity contribution is 6.00. The summed E-state index contributed by atoms with van der Waals surface area (Å²) in [4.78, 5) is 27.1. The molecule has 2 aliphatic heterocycles. The van der Waals surface area contributed by atoms with E-state index in [-0.39, 0.29) is 11.9 Å². The molecule has 3 amide bonds. The molecule has 27 heavy (non-hydrogen) atoms. The summed E-state index contributed by atoms with van der Waals surface area (Å²) >= 11 is 0. The average molecular weight is 364 g/mol. The van der Waals surface area contributed by atoms with Gasteiger partial charge >= 0.3 is 6.03 Å². The Labute approximate surface area is 158 Å². The molecule has 0 aliphatic carbocycles. The molecule has 6 heteroatoms. The fourth-order valence-electron chi connectivity index (χ4n) is 3.97. The van der Waals surface area contributed by atoms with Gasteiger partial charge in [0.25, 0.3) is 5.91 Å². The number of nitrogens with one attached hydrogen (secondary N) is 3. The number of carbonyl (C=O) groups excluding carboxylic acids is 2. The summed E-state index contributed by atoms with van der Waals surface area (Å²) in [6.07, 6.45) is 3.18. The van der Waals surface area contributed by atoms with Crippen LogP contribution in [0.25, 0.3) is 0 Å². The molecule has 0 saturated carbocycles. The Balaban J connectivity index is 1.40. The van der Waals surface area contributed by atoms with Gasteiger partial charge in [-0.2, -0.15) is 0 Å². The molecule has 4 rings (SSSR count). The Morgan fingerprint density at radius 3 is 2.26 bits per heavy atom. The van der Waals surface area contributed by atoms with Crippen LogP contribution in [0.1, 0.15) is 29.6 Å². The van der Waals surface area contributed by atoms with E-state index in [1.165, 1.54) is 0 Å². The van der Waals surface area contributed by atoms with E-state index in [0.717, 1.165) is 38.0 Å². The zero-order valence-corrected chi connectivity index (χ0v) is 15.2. The minimum Gasteiger partial charge on any atom is -0.331 e. The standard InChI is InChI=1S/C21H24N4O2/c26-20(25-18-10-11-19(25)14-22-13-12-18)15-6-8-17(9-7-15)24-21(27)23-16-4-2-1-3-5-16/h1-9,18-19,22H,10-14H2,(H2,23,24,27). The largest absolute Gasteiger partial charge is 0.331 e. The second-order valence-electron chi connectivity index (χ2n) is 7.11. The molecule has 2 aliphatic rings. The molecular weight excluding hydrogens is 340 g/mol. The Kier molecular flexibility index (Phi) is 5.07. The van der Waals surface area contributed by atoms with Crippen LogP contribution in [0.5, 0.6) is 0 Å². The molecule has 2 saturated heterocycles. The summed E-state index contributed by atoms with van der Waals surface area (Å²) in [6.45, 7) is 1.85. The third-order valence-corrected chi connectivity index (χ3v) is 5.31. The summed E-state index contributed by atoms with van der Waals surface area (Å²) in [5, 5.41) is 8.98. The summed E-state index contributed by atoms with van der Waals surface area (Å²) in [5.41, 5.74) is 2.05. The number of nitrogens with zero attached hydrogens (tertiary/aromatic N) is 1. The van der Waals surface area contributed by atoms with Gasteiger partial charge in [0.15, 0.2) is 0 Å². The van der Waals surface area contributed by atoms with Crippen LogP contribution in [0.15, 0.2) is 54.6 Å². The molecule has 0 radical (unpaired) electrons. The number of para-hydroxylation sites is 1. The minimum absolute atomic E-state index is 0.0893. The molecule has 2 fully saturated rings. The second-order valence-corrected chi connectivity index (χ2v) is 7.11. The topological polar surface area (TPSA) is 73.5 Å². The van der Waals surface area contributed by atoms with Crippen LogP contribution in [0, 0.1) is 0 Å². The van der Waals surface area contributed by atoms with E-state index in [4.69, 9.17) is 0 Å². The smallest absolute Gasteiger partial charge is 0.323 e. The number of rotatable bonds is 3. The van der Waals surface area contributed by atoms with Crippen molar-refractivity contribution in [1.29, 1.82) is 0 Å². The molecule has 2 atom stereocenters. The van der Waals surface area contributed by atoms with Crippen molar-refractivity contribution in [3.05, 3.63) is 60.2 Å². The van der Waals surface area contributed by atoms with Gasteiger partial charge in [0.2, 0.25) is 0 Å². The number of amides is 3. The van der Waals surface area contributed by atoms with Crippen LogP contribution in [-0.2, 0) is 0 Å². The number of anilines is 2. The normalized spacial score (nSPS) is 21.4. The van der Waals surface area contributed by atoms with Gasteiger partial charge in [0, 0.05) is 35.6 Å². The van der Waals surface area contributed by atoms with E-state index in [1.807, 2.05) is 30.3 Å². The van der Waals surface area contributed by atoms with Crippen molar-refractivity contribution < 1.29 is 9.59 Å². The quantitative estimate of drug-likeness (QED) is 0.782. The zero-order chi connectivity index (χ0) is 18.6. The number of hydrogen-bond acceptors (Lipinski definition) is 3. The first-order chi connectivity index (χ1) is 13.2. The third kappa shape index (κ3) is 3.95. The van der Waals surface area contributed by atoms with Crippen molar-refractivity contribution >= 4 is 23.3 Å². The van der Waals surface area contributed by atoms with Gasteiger partial charge in [-0.15, -0.1) is 0 Å². The summed E-state index contributed by atoms with van der Waals surface area (Å²) < 4.78 is 0. The van der Waals surface area contributed by atoms with Crippen molar-refractivity contribution in [3.8, 4) is 0 Å². The average Bonchev–Trinajstić information content (AvgIpc) is 2.95. The molecule has 2 bridgehead atoms. The maximum atomic E-state index is 13.0. The number of carbonyl (C=O) groups is 2. The summed E-state index contributed by atoms with van der Waals surface area (Å²) in [5.74, 6) is 0.0893. The minimum atomic E-state index is -0.308. The molecule has 0 aromatic heterocycles. The molecule has 3 N–H and O–H groups in total. The first-order valence-electron chi connectivity index (χ1n) is 9.47. The van der Waals surface area contributed by atoms with Crippen LogP contribution in [0.2, 0.25) is 0 Å². The first kappa shape index (κ1) is 17.5. The van der Waals surface area contributed by atoms with Gasteiger partial charge < -0.3 is 20.9 Å². The van der Waals surface area contributed by atoms with E-state index in [9.17, 15) is 9.59 Å². The molecule has 140 valence electrons. The van der Waals surface area contributed by atoms with Gasteiger partial charge in [-0.05, 0) is 62.2 Å². The van der Waals surface area contributed by atoms with Crippen LogP contribution in [0.4, 0.5) is 16.2 Å². The fourth-order valence-corrected chi connectivity index (χ4v) is 3.97. The van der Waals surface area contributed by atoms with Crippen molar-refractivity contribution in [2.24, 2.45) is 0 Å². The van der Waals surface area contributed by atoms with Crippen LogP contribution < -0.4 is 16.0 Å². The monoisotopic (exact) mass is 364 g/mol. The van der Waals surface area contributed by atoms with E-state index in [1.54, 1.807) is 24.3 Å². The van der Waals surface area contributed by atoms with Crippen molar-refractivity contribution in [2.75, 3.05) is 23.7 Å². The van der Waals surface area contributed by atoms with Crippen LogP contribution in [0.3, 0.4) is 0 Å². The van der Waals surface area contributed by atoms with E-state index in [0.29, 0.717) is 23.3 Å². The van der Waals surface area contributed by atoms with Crippen LogP contribution >= 0.6 is 0 Å². The fraction of sp³-hybridized carbons (Fsp3) is 0.333. The first-order valence-corrected chi connectivity index (χ1v) is 9.47. The highest BCUT2D eigenvalue weighted by atomic mass is 16.2. The van der Waals surface area contributed by atoms with E-state index in [2.05, 4.69) is 20.9 Å². The second kappa shape index (κ2) is 7.80. The molecule has 2 heterocycles. The van der Waals surface area contributed by atoms with Gasteiger partial charge in [-0.3, -0.25) is 4.79 Å². The van der Waals surface area contributed by atoms with Gasteiger partial charge in [0.1, 0.15) is 0 Å². The lowest BCUT2D eigenvalue weighted by atomic mass is 10.1. The Morgan fingerprint density at radius 2 is 1.52 bits per heavy atom. The maximum absolute atomic E-state index is 13.0. The Morgan fingerprint density at radius 1 is 0.852 bits per heavy atom. The number of urea groups is 1. The molecule has 2 aromatic carbocycles. The lowest BCUT2D eigenvalue weighted by Crippen LogP contribution is -2.42. The number of benzene rings is 2. The van der Waals surface area contributed by atoms with E-state index >= 15 is 0 Å². The van der Waals surface area contributed by atoms with Crippen LogP contribution in [-0.4, -0.2) is 42.0 Å². The molecule has 0 spiro atoms. The predicted octanol–water partition coefficient (Wildman–Crippen LogP) is 3.30. The highest BCUT2D eigenvalue weighted by Gasteiger charge is 2.38. The van der Waals surface area contributed by atoms with Crippen molar-refractivity contribution in [2.45, 2.75) is 31.3 Å². The number of hydrogen-bond donors (Lipinski definition) is 3. The lowest BCUT2D eigenvalue weighted by Gasteiger charge is -2.28. The highest BCUT2D eigenvalue weighted by Crippen LogP contribution is 2.29. The zero-order valence-electron chi connectivity index (χ0n) is 15.2. The Bertz CT molecular complexity index is 793. The van der Waals surface area contributed by atoms with Gasteiger partial charge in [0.05, 0.1) is 0 Å².